The predicted octanol–water partition coefficient (Wildman–Crippen LogP) is 4.60. The zero-order valence-corrected chi connectivity index (χ0v) is 14.5. The number of ketones is 2. The van der Waals surface area contributed by atoms with Gasteiger partial charge in [-0.05, 0) is 50.4 Å². The summed E-state index contributed by atoms with van der Waals surface area (Å²) in [4.78, 5) is 24.8. The molecule has 0 saturated heterocycles. The minimum atomic E-state index is 0.0692. The second-order valence-corrected chi connectivity index (χ2v) is 7.80. The number of carbonyl (C=O) groups is 2. The quantitative estimate of drug-likeness (QED) is 0.714. The highest BCUT2D eigenvalue weighted by Gasteiger charge is 2.44. The SMILES string of the molecule is C=C(C)C1CC(=O)C(C)C(C2CC(C(=C)C)CC(=O)C2C)C1. The fourth-order valence-corrected chi connectivity index (χ4v) is 4.41. The lowest BCUT2D eigenvalue weighted by Crippen LogP contribution is -2.43. The molecule has 0 aromatic heterocycles. The van der Waals surface area contributed by atoms with Gasteiger partial charge in [0.05, 0.1) is 0 Å². The fraction of sp³-hybridized carbons (Fsp3) is 0.700. The molecule has 0 N–H and O–H groups in total. The van der Waals surface area contributed by atoms with Crippen molar-refractivity contribution in [1.29, 1.82) is 0 Å². The first-order valence-electron chi connectivity index (χ1n) is 8.58. The molecule has 22 heavy (non-hydrogen) atoms. The molecule has 0 aromatic rings. The largest absolute Gasteiger partial charge is 0.299 e. The van der Waals surface area contributed by atoms with E-state index in [0.717, 1.165) is 24.0 Å². The summed E-state index contributed by atoms with van der Waals surface area (Å²) in [6.07, 6.45) is 3.28. The molecule has 0 aromatic carbocycles. The molecule has 0 aliphatic heterocycles. The molecule has 2 nitrogen and oxygen atoms in total. The second-order valence-electron chi connectivity index (χ2n) is 7.80. The summed E-state index contributed by atoms with van der Waals surface area (Å²) in [5, 5.41) is 0. The zero-order chi connectivity index (χ0) is 16.6. The predicted molar refractivity (Wildman–Crippen MR) is 90.4 cm³/mol. The molecule has 2 heteroatoms. The minimum absolute atomic E-state index is 0.0692. The Morgan fingerprint density at radius 1 is 0.818 bits per heavy atom. The summed E-state index contributed by atoms with van der Waals surface area (Å²) in [5.74, 6) is 2.04. The van der Waals surface area contributed by atoms with Crippen LogP contribution in [0.15, 0.2) is 24.3 Å². The van der Waals surface area contributed by atoms with Crippen LogP contribution in [-0.2, 0) is 9.59 Å². The van der Waals surface area contributed by atoms with Crippen molar-refractivity contribution in [1.82, 2.24) is 0 Å². The molecule has 2 aliphatic rings. The van der Waals surface area contributed by atoms with Crippen molar-refractivity contribution in [2.24, 2.45) is 35.5 Å². The lowest BCUT2D eigenvalue weighted by molar-refractivity contribution is -0.135. The van der Waals surface area contributed by atoms with Gasteiger partial charge in [0.15, 0.2) is 0 Å². The van der Waals surface area contributed by atoms with Gasteiger partial charge in [0.2, 0.25) is 0 Å². The van der Waals surface area contributed by atoms with Crippen LogP contribution in [0.2, 0.25) is 0 Å². The Hall–Kier alpha value is -1.18. The van der Waals surface area contributed by atoms with Crippen LogP contribution in [0.1, 0.15) is 53.4 Å². The molecule has 122 valence electrons. The average Bonchev–Trinajstić information content (AvgIpc) is 2.44. The topological polar surface area (TPSA) is 34.1 Å². The average molecular weight is 302 g/mol. The number of allylic oxidation sites excluding steroid dienone is 2. The van der Waals surface area contributed by atoms with E-state index >= 15 is 0 Å². The summed E-state index contributed by atoms with van der Waals surface area (Å²) in [6.45, 7) is 16.3. The fourth-order valence-electron chi connectivity index (χ4n) is 4.41. The van der Waals surface area contributed by atoms with Gasteiger partial charge in [0, 0.05) is 24.7 Å². The van der Waals surface area contributed by atoms with Crippen molar-refractivity contribution < 1.29 is 9.59 Å². The van der Waals surface area contributed by atoms with Crippen LogP contribution >= 0.6 is 0 Å². The van der Waals surface area contributed by atoms with Crippen molar-refractivity contribution in [3.05, 3.63) is 24.3 Å². The molecule has 2 fully saturated rings. The van der Waals surface area contributed by atoms with E-state index < -0.39 is 0 Å². The molecule has 0 bridgehead atoms. The molecule has 0 heterocycles. The number of rotatable bonds is 3. The van der Waals surface area contributed by atoms with E-state index in [1.54, 1.807) is 0 Å². The lowest BCUT2D eigenvalue weighted by atomic mass is 9.59. The first-order chi connectivity index (χ1) is 10.2. The molecule has 2 rings (SSSR count). The number of carbonyl (C=O) groups excluding carboxylic acids is 2. The number of hydrogen-bond acceptors (Lipinski definition) is 2. The normalized spacial score (nSPS) is 39.6. The first-order valence-corrected chi connectivity index (χ1v) is 8.58. The van der Waals surface area contributed by atoms with E-state index in [0.29, 0.717) is 48.1 Å². The van der Waals surface area contributed by atoms with Crippen LogP contribution in [0.5, 0.6) is 0 Å². The minimum Gasteiger partial charge on any atom is -0.299 e. The van der Waals surface area contributed by atoms with Crippen LogP contribution in [-0.4, -0.2) is 11.6 Å². The Morgan fingerprint density at radius 3 is 1.41 bits per heavy atom. The van der Waals surface area contributed by atoms with Gasteiger partial charge in [-0.2, -0.15) is 0 Å². The standard InChI is InChI=1S/C20H30O2/c1-11(2)15-7-17(13(5)19(21)9-15)18-8-16(12(3)4)10-20(22)14(18)6/h13-18H,1,3,7-10H2,2,4-6H3. The van der Waals surface area contributed by atoms with Crippen molar-refractivity contribution in [3.8, 4) is 0 Å². The third-order valence-electron chi connectivity index (χ3n) is 6.25. The van der Waals surface area contributed by atoms with Crippen LogP contribution in [0.4, 0.5) is 0 Å². The molecule has 2 saturated carbocycles. The van der Waals surface area contributed by atoms with Crippen LogP contribution in [0.25, 0.3) is 0 Å². The highest BCUT2D eigenvalue weighted by atomic mass is 16.1. The van der Waals surface area contributed by atoms with Crippen molar-refractivity contribution in [2.45, 2.75) is 53.4 Å². The Bertz CT molecular complexity index is 456. The van der Waals surface area contributed by atoms with Crippen molar-refractivity contribution in [3.63, 3.8) is 0 Å². The van der Waals surface area contributed by atoms with Gasteiger partial charge in [-0.15, -0.1) is 0 Å². The van der Waals surface area contributed by atoms with Crippen LogP contribution in [0.3, 0.4) is 0 Å². The maximum Gasteiger partial charge on any atom is 0.136 e. The molecule has 0 amide bonds. The van der Waals surface area contributed by atoms with Crippen molar-refractivity contribution >= 4 is 11.6 Å². The third kappa shape index (κ3) is 3.26. The van der Waals surface area contributed by atoms with Crippen LogP contribution in [0, 0.1) is 35.5 Å². The maximum absolute atomic E-state index is 12.4. The second kappa shape index (κ2) is 6.52. The van der Waals surface area contributed by atoms with Gasteiger partial charge in [-0.25, -0.2) is 0 Å². The third-order valence-corrected chi connectivity index (χ3v) is 6.25. The van der Waals surface area contributed by atoms with E-state index in [9.17, 15) is 9.59 Å². The van der Waals surface area contributed by atoms with Gasteiger partial charge in [-0.1, -0.05) is 38.2 Å². The molecule has 6 unspecified atom stereocenters. The van der Waals surface area contributed by atoms with Gasteiger partial charge in [0.25, 0.3) is 0 Å². The van der Waals surface area contributed by atoms with Gasteiger partial charge in [-0.3, -0.25) is 9.59 Å². The smallest absolute Gasteiger partial charge is 0.136 e. The zero-order valence-electron chi connectivity index (χ0n) is 14.5. The molecular weight excluding hydrogens is 272 g/mol. The molecular formula is C20H30O2. The van der Waals surface area contributed by atoms with E-state index in [1.807, 2.05) is 13.8 Å². The maximum atomic E-state index is 12.4. The van der Waals surface area contributed by atoms with E-state index in [1.165, 1.54) is 0 Å². The summed E-state index contributed by atoms with van der Waals surface area (Å²) < 4.78 is 0. The summed E-state index contributed by atoms with van der Waals surface area (Å²) >= 11 is 0. The van der Waals surface area contributed by atoms with E-state index in [2.05, 4.69) is 27.0 Å². The summed E-state index contributed by atoms with van der Waals surface area (Å²) in [7, 11) is 0. The Kier molecular flexibility index (Phi) is 5.09. The Balaban J connectivity index is 2.25. The highest BCUT2D eigenvalue weighted by Crippen LogP contribution is 2.47. The summed E-state index contributed by atoms with van der Waals surface area (Å²) in [6, 6.07) is 0. The lowest BCUT2D eigenvalue weighted by Gasteiger charge is -2.44. The molecule has 0 radical (unpaired) electrons. The molecule has 0 spiro atoms. The number of hydrogen-bond donors (Lipinski definition) is 0. The van der Waals surface area contributed by atoms with E-state index in [4.69, 9.17) is 0 Å². The van der Waals surface area contributed by atoms with E-state index in [-0.39, 0.29) is 11.8 Å². The molecule has 6 atom stereocenters. The highest BCUT2D eigenvalue weighted by molar-refractivity contribution is 5.84. The van der Waals surface area contributed by atoms with Gasteiger partial charge in [0.1, 0.15) is 11.6 Å². The summed E-state index contributed by atoms with van der Waals surface area (Å²) in [5.41, 5.74) is 2.22. The molecule has 2 aliphatic carbocycles. The first kappa shape index (κ1) is 17.2. The van der Waals surface area contributed by atoms with Crippen LogP contribution < -0.4 is 0 Å². The monoisotopic (exact) mass is 302 g/mol. The van der Waals surface area contributed by atoms with Gasteiger partial charge >= 0.3 is 0 Å². The van der Waals surface area contributed by atoms with Gasteiger partial charge < -0.3 is 0 Å². The van der Waals surface area contributed by atoms with Crippen molar-refractivity contribution in [2.75, 3.05) is 0 Å². The number of Topliss-reactive ketones (excluding diaryl/α,β-unsaturated/α-hetero) is 2. The Morgan fingerprint density at radius 2 is 1.14 bits per heavy atom. The Labute approximate surface area is 135 Å².